The fourth-order valence-corrected chi connectivity index (χ4v) is 2.24. The maximum atomic E-state index is 13.2. The van der Waals surface area contributed by atoms with Gasteiger partial charge in [-0.2, -0.15) is 4.98 Å². The second kappa shape index (κ2) is 7.04. The molecule has 2 N–H and O–H groups in total. The summed E-state index contributed by atoms with van der Waals surface area (Å²) in [7, 11) is 0. The maximum absolute atomic E-state index is 13.2. The number of nitrogens with one attached hydrogen (secondary N) is 2. The summed E-state index contributed by atoms with van der Waals surface area (Å²) in [5.41, 5.74) is 2.71. The van der Waals surface area contributed by atoms with E-state index < -0.39 is 11.6 Å². The van der Waals surface area contributed by atoms with Gasteiger partial charge in [-0.25, -0.2) is 13.8 Å². The summed E-state index contributed by atoms with van der Waals surface area (Å²) in [5.74, 6) is -0.879. The van der Waals surface area contributed by atoms with Gasteiger partial charge in [-0.1, -0.05) is 29.8 Å². The minimum Gasteiger partial charge on any atom is -0.366 e. The molecule has 0 aliphatic heterocycles. The summed E-state index contributed by atoms with van der Waals surface area (Å²) >= 11 is 0. The van der Waals surface area contributed by atoms with Gasteiger partial charge in [0.1, 0.15) is 5.82 Å². The highest BCUT2D eigenvalue weighted by molar-refractivity contribution is 5.54. The fraction of sp³-hybridized carbons (Fsp3) is 0.111. The van der Waals surface area contributed by atoms with Crippen molar-refractivity contribution in [3.63, 3.8) is 0 Å². The first-order valence-electron chi connectivity index (χ1n) is 7.45. The molecule has 0 bridgehead atoms. The molecule has 122 valence electrons. The standard InChI is InChI=1S/C18H16F2N4/c1-12-3-2-4-13(9-12)11-22-17-7-8-21-18(24-17)23-14-5-6-15(19)16(20)10-14/h2-10H,11H2,1H3,(H2,21,22,23,24). The van der Waals surface area contributed by atoms with Crippen LogP contribution in [0.3, 0.4) is 0 Å². The van der Waals surface area contributed by atoms with Crippen LogP contribution in [0.5, 0.6) is 0 Å². The minimum absolute atomic E-state index is 0.301. The van der Waals surface area contributed by atoms with Gasteiger partial charge in [-0.3, -0.25) is 0 Å². The van der Waals surface area contributed by atoms with Crippen molar-refractivity contribution >= 4 is 17.5 Å². The third-order valence-corrected chi connectivity index (χ3v) is 3.39. The number of anilines is 3. The molecule has 0 aliphatic carbocycles. The van der Waals surface area contributed by atoms with Crippen LogP contribution in [0, 0.1) is 18.6 Å². The van der Waals surface area contributed by atoms with E-state index in [1.54, 1.807) is 12.3 Å². The number of benzene rings is 2. The lowest BCUT2D eigenvalue weighted by Gasteiger charge is -2.09. The Morgan fingerprint density at radius 2 is 1.88 bits per heavy atom. The van der Waals surface area contributed by atoms with Crippen LogP contribution in [0.1, 0.15) is 11.1 Å². The average Bonchev–Trinajstić information content (AvgIpc) is 2.57. The molecule has 3 aromatic rings. The molecule has 0 radical (unpaired) electrons. The number of aryl methyl sites for hydroxylation is 1. The molecule has 3 rings (SSSR count). The van der Waals surface area contributed by atoms with Gasteiger partial charge < -0.3 is 10.6 Å². The molecule has 1 heterocycles. The van der Waals surface area contributed by atoms with Crippen molar-refractivity contribution in [3.05, 3.63) is 77.5 Å². The molecule has 0 amide bonds. The fourth-order valence-electron chi connectivity index (χ4n) is 2.24. The Labute approximate surface area is 138 Å². The molecule has 6 heteroatoms. The highest BCUT2D eigenvalue weighted by Crippen LogP contribution is 2.17. The second-order valence-electron chi connectivity index (χ2n) is 5.36. The van der Waals surface area contributed by atoms with Gasteiger partial charge in [-0.15, -0.1) is 0 Å². The summed E-state index contributed by atoms with van der Waals surface area (Å²) < 4.78 is 26.2. The van der Waals surface area contributed by atoms with E-state index in [-0.39, 0.29) is 0 Å². The Hall–Kier alpha value is -3.02. The second-order valence-corrected chi connectivity index (χ2v) is 5.36. The van der Waals surface area contributed by atoms with Crippen molar-refractivity contribution in [1.82, 2.24) is 9.97 Å². The molecule has 0 saturated heterocycles. The normalized spacial score (nSPS) is 10.5. The van der Waals surface area contributed by atoms with E-state index in [4.69, 9.17) is 0 Å². The van der Waals surface area contributed by atoms with Crippen molar-refractivity contribution in [1.29, 1.82) is 0 Å². The molecule has 0 saturated carbocycles. The van der Waals surface area contributed by atoms with Gasteiger partial charge in [-0.05, 0) is 30.7 Å². The number of nitrogens with zero attached hydrogens (tertiary/aromatic N) is 2. The average molecular weight is 326 g/mol. The molecule has 0 aliphatic rings. The van der Waals surface area contributed by atoms with Gasteiger partial charge in [0.25, 0.3) is 0 Å². The van der Waals surface area contributed by atoms with Gasteiger partial charge in [0.15, 0.2) is 11.6 Å². The first-order valence-corrected chi connectivity index (χ1v) is 7.45. The lowest BCUT2D eigenvalue weighted by Crippen LogP contribution is -2.04. The van der Waals surface area contributed by atoms with Crippen molar-refractivity contribution < 1.29 is 8.78 Å². The molecular formula is C18H16F2N4. The Morgan fingerprint density at radius 1 is 1.00 bits per heavy atom. The molecule has 0 atom stereocenters. The first kappa shape index (κ1) is 15.9. The van der Waals surface area contributed by atoms with Gasteiger partial charge in [0.2, 0.25) is 5.95 Å². The largest absolute Gasteiger partial charge is 0.366 e. The Morgan fingerprint density at radius 3 is 2.67 bits per heavy atom. The molecule has 0 unspecified atom stereocenters. The van der Waals surface area contributed by atoms with Gasteiger partial charge in [0.05, 0.1) is 0 Å². The zero-order valence-electron chi connectivity index (χ0n) is 13.1. The molecular weight excluding hydrogens is 310 g/mol. The molecule has 24 heavy (non-hydrogen) atoms. The molecule has 0 fully saturated rings. The van der Waals surface area contributed by atoms with Crippen LogP contribution >= 0.6 is 0 Å². The molecule has 1 aromatic heterocycles. The number of hydrogen-bond donors (Lipinski definition) is 2. The van der Waals surface area contributed by atoms with Crippen LogP contribution in [0.4, 0.5) is 26.2 Å². The van der Waals surface area contributed by atoms with Crippen LogP contribution in [0.25, 0.3) is 0 Å². The molecule has 0 spiro atoms. The van der Waals surface area contributed by atoms with Crippen LogP contribution in [-0.4, -0.2) is 9.97 Å². The maximum Gasteiger partial charge on any atom is 0.229 e. The van der Waals surface area contributed by atoms with Crippen LogP contribution in [-0.2, 0) is 6.54 Å². The first-order chi connectivity index (χ1) is 11.6. The van der Waals surface area contributed by atoms with Crippen LogP contribution in [0.15, 0.2) is 54.7 Å². The zero-order valence-corrected chi connectivity index (χ0v) is 13.1. The molecule has 4 nitrogen and oxygen atoms in total. The third-order valence-electron chi connectivity index (χ3n) is 3.39. The van der Waals surface area contributed by atoms with Gasteiger partial charge in [0, 0.05) is 24.5 Å². The summed E-state index contributed by atoms with van der Waals surface area (Å²) in [5, 5.41) is 6.06. The highest BCUT2D eigenvalue weighted by Gasteiger charge is 2.05. The van der Waals surface area contributed by atoms with E-state index in [9.17, 15) is 8.78 Å². The SMILES string of the molecule is Cc1cccc(CNc2ccnc(Nc3ccc(F)c(F)c3)n2)c1. The topological polar surface area (TPSA) is 49.8 Å². The van der Waals surface area contributed by atoms with E-state index in [2.05, 4.69) is 26.7 Å². The Bertz CT molecular complexity index is 852. The van der Waals surface area contributed by atoms with E-state index in [0.717, 1.165) is 17.7 Å². The van der Waals surface area contributed by atoms with Gasteiger partial charge >= 0.3 is 0 Å². The number of aromatic nitrogens is 2. The van der Waals surface area contributed by atoms with E-state index in [1.807, 2.05) is 25.1 Å². The van der Waals surface area contributed by atoms with E-state index in [0.29, 0.717) is 24.0 Å². The minimum atomic E-state index is -0.922. The summed E-state index contributed by atoms with van der Waals surface area (Å²) in [6.45, 7) is 2.67. The van der Waals surface area contributed by atoms with E-state index in [1.165, 1.54) is 11.6 Å². The van der Waals surface area contributed by atoms with E-state index >= 15 is 0 Å². The summed E-state index contributed by atoms with van der Waals surface area (Å²) in [4.78, 5) is 8.39. The Kier molecular flexibility index (Phi) is 4.65. The highest BCUT2D eigenvalue weighted by atomic mass is 19.2. The number of halogens is 2. The van der Waals surface area contributed by atoms with Crippen molar-refractivity contribution in [2.75, 3.05) is 10.6 Å². The lowest BCUT2D eigenvalue weighted by molar-refractivity contribution is 0.509. The predicted molar refractivity (Wildman–Crippen MR) is 90.2 cm³/mol. The van der Waals surface area contributed by atoms with Crippen molar-refractivity contribution in [2.24, 2.45) is 0 Å². The van der Waals surface area contributed by atoms with Crippen molar-refractivity contribution in [2.45, 2.75) is 13.5 Å². The molecule has 2 aromatic carbocycles. The predicted octanol–water partition coefficient (Wildman–Crippen LogP) is 4.42. The summed E-state index contributed by atoms with van der Waals surface area (Å²) in [6.07, 6.45) is 1.59. The smallest absolute Gasteiger partial charge is 0.229 e. The lowest BCUT2D eigenvalue weighted by atomic mass is 10.1. The van der Waals surface area contributed by atoms with Crippen molar-refractivity contribution in [3.8, 4) is 0 Å². The number of rotatable bonds is 5. The monoisotopic (exact) mass is 326 g/mol. The third kappa shape index (κ3) is 4.04. The quantitative estimate of drug-likeness (QED) is 0.729. The van der Waals surface area contributed by atoms with Crippen LogP contribution < -0.4 is 10.6 Å². The zero-order chi connectivity index (χ0) is 16.9. The Balaban J connectivity index is 1.68. The summed E-state index contributed by atoms with van der Waals surface area (Å²) in [6, 6.07) is 13.4. The number of hydrogen-bond acceptors (Lipinski definition) is 4. The van der Waals surface area contributed by atoms with Crippen LogP contribution in [0.2, 0.25) is 0 Å².